The van der Waals surface area contributed by atoms with E-state index in [9.17, 15) is 18.0 Å². The molecule has 1 aliphatic carbocycles. The van der Waals surface area contributed by atoms with Crippen LogP contribution in [0.1, 0.15) is 30.4 Å². The molecule has 0 aliphatic heterocycles. The molecule has 2 rings (SSSR count). The SMILES string of the molecule is COc1ccc(C(F)(F)F)c(C2(CC(=O)O)CC2)c1OC. The molecule has 0 bridgehead atoms. The predicted molar refractivity (Wildman–Crippen MR) is 67.7 cm³/mol. The quantitative estimate of drug-likeness (QED) is 0.907. The molecule has 0 saturated heterocycles. The van der Waals surface area contributed by atoms with E-state index in [0.717, 1.165) is 6.07 Å². The molecule has 7 heteroatoms. The van der Waals surface area contributed by atoms with Gasteiger partial charge in [-0.2, -0.15) is 13.2 Å². The molecule has 0 heterocycles. The number of halogens is 3. The molecule has 1 saturated carbocycles. The van der Waals surface area contributed by atoms with Crippen LogP contribution in [0.25, 0.3) is 0 Å². The summed E-state index contributed by atoms with van der Waals surface area (Å²) in [6.07, 6.45) is -4.18. The molecule has 1 fully saturated rings. The molecular formula is C14H15F3O4. The van der Waals surface area contributed by atoms with Crippen molar-refractivity contribution in [3.63, 3.8) is 0 Å². The largest absolute Gasteiger partial charge is 0.493 e. The Labute approximate surface area is 119 Å². The van der Waals surface area contributed by atoms with Gasteiger partial charge in [-0.05, 0) is 25.0 Å². The minimum Gasteiger partial charge on any atom is -0.493 e. The van der Waals surface area contributed by atoms with Crippen LogP contribution < -0.4 is 9.47 Å². The van der Waals surface area contributed by atoms with Crippen LogP contribution >= 0.6 is 0 Å². The minimum atomic E-state index is -4.58. The van der Waals surface area contributed by atoms with Crippen LogP contribution in [0.2, 0.25) is 0 Å². The molecular weight excluding hydrogens is 289 g/mol. The Morgan fingerprint density at radius 2 is 1.90 bits per heavy atom. The highest BCUT2D eigenvalue weighted by Gasteiger charge is 2.53. The molecule has 21 heavy (non-hydrogen) atoms. The Kier molecular flexibility index (Phi) is 3.78. The first-order chi connectivity index (χ1) is 9.75. The van der Waals surface area contributed by atoms with Gasteiger partial charge in [-0.3, -0.25) is 4.79 Å². The molecule has 4 nitrogen and oxygen atoms in total. The summed E-state index contributed by atoms with van der Waals surface area (Å²) in [5, 5.41) is 8.98. The third-order valence-corrected chi connectivity index (χ3v) is 3.72. The van der Waals surface area contributed by atoms with Gasteiger partial charge in [0, 0.05) is 11.0 Å². The molecule has 1 aromatic rings. The van der Waals surface area contributed by atoms with Crippen molar-refractivity contribution >= 4 is 5.97 Å². The number of carboxylic acid groups (broad SMARTS) is 1. The Hall–Kier alpha value is -1.92. The van der Waals surface area contributed by atoms with Gasteiger partial charge in [-0.1, -0.05) is 0 Å². The Balaban J connectivity index is 2.68. The monoisotopic (exact) mass is 304 g/mol. The van der Waals surface area contributed by atoms with Gasteiger partial charge in [0.2, 0.25) is 0 Å². The average Bonchev–Trinajstić information content (AvgIpc) is 3.15. The lowest BCUT2D eigenvalue weighted by Gasteiger charge is -2.24. The maximum atomic E-state index is 13.3. The van der Waals surface area contributed by atoms with E-state index in [-0.39, 0.29) is 23.5 Å². The second kappa shape index (κ2) is 5.13. The zero-order valence-corrected chi connectivity index (χ0v) is 11.6. The first-order valence-corrected chi connectivity index (χ1v) is 6.29. The van der Waals surface area contributed by atoms with Gasteiger partial charge in [0.1, 0.15) is 0 Å². The lowest BCUT2D eigenvalue weighted by molar-refractivity contribution is -0.141. The average molecular weight is 304 g/mol. The third kappa shape index (κ3) is 2.77. The van der Waals surface area contributed by atoms with Crippen LogP contribution in [-0.2, 0) is 16.4 Å². The number of hydrogen-bond donors (Lipinski definition) is 1. The fourth-order valence-corrected chi connectivity index (χ4v) is 2.65. The lowest BCUT2D eigenvalue weighted by atomic mass is 9.87. The number of rotatable bonds is 5. The van der Waals surface area contributed by atoms with Crippen molar-refractivity contribution in [2.45, 2.75) is 30.9 Å². The Bertz CT molecular complexity index is 562. The van der Waals surface area contributed by atoms with E-state index < -0.39 is 23.1 Å². The third-order valence-electron chi connectivity index (χ3n) is 3.72. The molecule has 0 spiro atoms. The Morgan fingerprint density at radius 1 is 1.29 bits per heavy atom. The highest BCUT2D eigenvalue weighted by molar-refractivity contribution is 5.72. The fourth-order valence-electron chi connectivity index (χ4n) is 2.65. The van der Waals surface area contributed by atoms with E-state index in [0.29, 0.717) is 12.8 Å². The van der Waals surface area contributed by atoms with Gasteiger partial charge < -0.3 is 14.6 Å². The molecule has 1 aromatic carbocycles. The molecule has 0 radical (unpaired) electrons. The zero-order valence-electron chi connectivity index (χ0n) is 11.6. The van der Waals surface area contributed by atoms with Crippen LogP contribution in [0.3, 0.4) is 0 Å². The second-order valence-corrected chi connectivity index (χ2v) is 5.07. The summed E-state index contributed by atoms with van der Waals surface area (Å²) in [5.74, 6) is -1.01. The highest BCUT2D eigenvalue weighted by Crippen LogP contribution is 2.58. The van der Waals surface area contributed by atoms with Crippen molar-refractivity contribution in [3.05, 3.63) is 23.3 Å². The maximum absolute atomic E-state index is 13.3. The molecule has 0 aromatic heterocycles. The first kappa shape index (κ1) is 15.5. The van der Waals surface area contributed by atoms with Gasteiger partial charge in [-0.15, -0.1) is 0 Å². The number of methoxy groups -OCH3 is 2. The summed E-state index contributed by atoms with van der Waals surface area (Å²) in [6.45, 7) is 0. The number of alkyl halides is 3. The standard InChI is InChI=1S/C14H15F3O4/c1-20-9-4-3-8(14(15,16)17)11(12(9)21-2)13(5-6-13)7-10(18)19/h3-4H,5-7H2,1-2H3,(H,18,19). The van der Waals surface area contributed by atoms with Crippen molar-refractivity contribution < 1.29 is 32.5 Å². The summed E-state index contributed by atoms with van der Waals surface area (Å²) < 4.78 is 49.9. The number of hydrogen-bond acceptors (Lipinski definition) is 3. The molecule has 116 valence electrons. The van der Waals surface area contributed by atoms with Gasteiger partial charge in [0.15, 0.2) is 11.5 Å². The summed E-state index contributed by atoms with van der Waals surface area (Å²) in [6, 6.07) is 2.10. The molecule has 1 aliphatic rings. The van der Waals surface area contributed by atoms with Gasteiger partial charge in [0.25, 0.3) is 0 Å². The van der Waals surface area contributed by atoms with E-state index in [1.807, 2.05) is 0 Å². The first-order valence-electron chi connectivity index (χ1n) is 6.29. The van der Waals surface area contributed by atoms with Crippen LogP contribution in [-0.4, -0.2) is 25.3 Å². The topological polar surface area (TPSA) is 55.8 Å². The molecule has 0 amide bonds. The smallest absolute Gasteiger partial charge is 0.416 e. The van der Waals surface area contributed by atoms with Crippen molar-refractivity contribution in [1.29, 1.82) is 0 Å². The summed E-state index contributed by atoms with van der Waals surface area (Å²) >= 11 is 0. The van der Waals surface area contributed by atoms with Crippen LogP contribution in [0.5, 0.6) is 11.5 Å². The van der Waals surface area contributed by atoms with Crippen molar-refractivity contribution in [2.24, 2.45) is 0 Å². The molecule has 0 atom stereocenters. The number of aliphatic carboxylic acids is 1. The minimum absolute atomic E-state index is 0.0360. The number of ether oxygens (including phenoxy) is 2. The number of carbonyl (C=O) groups is 1. The van der Waals surface area contributed by atoms with Crippen LogP contribution in [0, 0.1) is 0 Å². The summed E-state index contributed by atoms with van der Waals surface area (Å²) in [7, 11) is 2.57. The van der Waals surface area contributed by atoms with E-state index in [4.69, 9.17) is 14.6 Å². The molecule has 0 unspecified atom stereocenters. The van der Waals surface area contributed by atoms with Crippen molar-refractivity contribution in [1.82, 2.24) is 0 Å². The maximum Gasteiger partial charge on any atom is 0.416 e. The lowest BCUT2D eigenvalue weighted by Crippen LogP contribution is -2.20. The van der Waals surface area contributed by atoms with Crippen LogP contribution in [0.4, 0.5) is 13.2 Å². The van der Waals surface area contributed by atoms with E-state index in [1.165, 1.54) is 20.3 Å². The van der Waals surface area contributed by atoms with Gasteiger partial charge in [-0.25, -0.2) is 0 Å². The number of carboxylic acids is 1. The highest BCUT2D eigenvalue weighted by atomic mass is 19.4. The van der Waals surface area contributed by atoms with E-state index >= 15 is 0 Å². The second-order valence-electron chi connectivity index (χ2n) is 5.07. The van der Waals surface area contributed by atoms with Crippen LogP contribution in [0.15, 0.2) is 12.1 Å². The van der Waals surface area contributed by atoms with E-state index in [1.54, 1.807) is 0 Å². The van der Waals surface area contributed by atoms with Gasteiger partial charge >= 0.3 is 12.1 Å². The van der Waals surface area contributed by atoms with E-state index in [2.05, 4.69) is 0 Å². The van der Waals surface area contributed by atoms with Crippen molar-refractivity contribution in [2.75, 3.05) is 14.2 Å². The zero-order chi connectivity index (χ0) is 15.8. The Morgan fingerprint density at radius 3 is 2.29 bits per heavy atom. The van der Waals surface area contributed by atoms with Gasteiger partial charge in [0.05, 0.1) is 26.2 Å². The summed E-state index contributed by atoms with van der Waals surface area (Å²) in [4.78, 5) is 11.0. The van der Waals surface area contributed by atoms with Crippen molar-refractivity contribution in [3.8, 4) is 11.5 Å². The summed E-state index contributed by atoms with van der Waals surface area (Å²) in [5.41, 5.74) is -2.01. The predicted octanol–water partition coefficient (Wildman–Crippen LogP) is 3.23. The normalized spacial score (nSPS) is 16.4. The fraction of sp³-hybridized carbons (Fsp3) is 0.500. The molecule has 1 N–H and O–H groups in total. The number of benzene rings is 1.